The molecule has 0 saturated carbocycles. The minimum Gasteiger partial charge on any atom is -0.477 e. The van der Waals surface area contributed by atoms with Crippen LogP contribution < -0.4 is 15.4 Å². The molecule has 2 aromatic heterocycles. The summed E-state index contributed by atoms with van der Waals surface area (Å²) in [6.07, 6.45) is 2.49. The summed E-state index contributed by atoms with van der Waals surface area (Å²) in [6.45, 7) is 3.48. The van der Waals surface area contributed by atoms with Gasteiger partial charge in [0.2, 0.25) is 11.8 Å². The lowest BCUT2D eigenvalue weighted by Crippen LogP contribution is -2.36. The summed E-state index contributed by atoms with van der Waals surface area (Å²) in [5.41, 5.74) is 6.76. The van der Waals surface area contributed by atoms with E-state index in [1.54, 1.807) is 6.20 Å². The van der Waals surface area contributed by atoms with Gasteiger partial charge in [0.05, 0.1) is 19.8 Å². The van der Waals surface area contributed by atoms with Crippen molar-refractivity contribution in [2.45, 2.75) is 6.42 Å². The number of nitrogens with zero attached hydrogens (tertiary/aromatic N) is 4. The first-order valence-electron chi connectivity index (χ1n) is 7.31. The number of nitrogen functional groups attached to an aromatic ring is 1. The fraction of sp³-hybridized carbons (Fsp3) is 0.400. The second-order valence-corrected chi connectivity index (χ2v) is 4.94. The number of pyridine rings is 1. The predicted octanol–water partition coefficient (Wildman–Crippen LogP) is 0.912. The van der Waals surface area contributed by atoms with E-state index in [4.69, 9.17) is 15.2 Å². The zero-order valence-corrected chi connectivity index (χ0v) is 12.3. The van der Waals surface area contributed by atoms with Crippen LogP contribution in [0.2, 0.25) is 0 Å². The summed E-state index contributed by atoms with van der Waals surface area (Å²) in [6, 6.07) is 7.64. The van der Waals surface area contributed by atoms with E-state index >= 15 is 0 Å². The summed E-state index contributed by atoms with van der Waals surface area (Å²) < 4.78 is 11.0. The van der Waals surface area contributed by atoms with Crippen LogP contribution in [0, 0.1) is 0 Å². The third kappa shape index (κ3) is 3.82. The summed E-state index contributed by atoms with van der Waals surface area (Å²) >= 11 is 0. The lowest BCUT2D eigenvalue weighted by Gasteiger charge is -2.27. The predicted molar refractivity (Wildman–Crippen MR) is 82.9 cm³/mol. The maximum atomic E-state index is 5.78. The van der Waals surface area contributed by atoms with Gasteiger partial charge in [0, 0.05) is 37.5 Å². The van der Waals surface area contributed by atoms with Crippen molar-refractivity contribution in [3.8, 4) is 5.88 Å². The fourth-order valence-corrected chi connectivity index (χ4v) is 2.26. The Labute approximate surface area is 129 Å². The molecule has 0 aliphatic carbocycles. The molecule has 0 atom stereocenters. The van der Waals surface area contributed by atoms with Crippen LogP contribution in [0.3, 0.4) is 0 Å². The smallest absolute Gasteiger partial charge is 0.225 e. The number of anilines is 2. The van der Waals surface area contributed by atoms with Crippen LogP contribution in [-0.4, -0.2) is 47.9 Å². The van der Waals surface area contributed by atoms with E-state index < -0.39 is 0 Å². The molecular weight excluding hydrogens is 282 g/mol. The van der Waals surface area contributed by atoms with Gasteiger partial charge >= 0.3 is 0 Å². The second-order valence-electron chi connectivity index (χ2n) is 4.94. The van der Waals surface area contributed by atoms with Crippen molar-refractivity contribution in [3.63, 3.8) is 0 Å². The molecule has 1 aliphatic heterocycles. The monoisotopic (exact) mass is 301 g/mol. The van der Waals surface area contributed by atoms with E-state index in [1.165, 1.54) is 0 Å². The van der Waals surface area contributed by atoms with Crippen LogP contribution in [0.5, 0.6) is 5.88 Å². The van der Waals surface area contributed by atoms with Crippen LogP contribution >= 0.6 is 0 Å². The topological polar surface area (TPSA) is 86.4 Å². The second kappa shape index (κ2) is 7.04. The Balaban J connectivity index is 1.62. The minimum absolute atomic E-state index is 0.219. The Morgan fingerprint density at radius 3 is 2.86 bits per heavy atom. The quantitative estimate of drug-likeness (QED) is 0.878. The highest BCUT2D eigenvalue weighted by atomic mass is 16.5. The number of hydrogen-bond donors (Lipinski definition) is 1. The summed E-state index contributed by atoms with van der Waals surface area (Å²) in [5, 5.41) is 0. The van der Waals surface area contributed by atoms with Gasteiger partial charge in [0.25, 0.3) is 0 Å². The molecule has 116 valence electrons. The first-order valence-corrected chi connectivity index (χ1v) is 7.31. The summed E-state index contributed by atoms with van der Waals surface area (Å²) in [4.78, 5) is 14.8. The molecule has 7 heteroatoms. The molecule has 0 bridgehead atoms. The lowest BCUT2D eigenvalue weighted by atomic mass is 10.3. The van der Waals surface area contributed by atoms with E-state index in [0.29, 0.717) is 25.7 Å². The molecular formula is C15H19N5O2. The van der Waals surface area contributed by atoms with Gasteiger partial charge in [0.1, 0.15) is 5.82 Å². The molecule has 3 heterocycles. The van der Waals surface area contributed by atoms with Gasteiger partial charge in [-0.3, -0.25) is 4.98 Å². The van der Waals surface area contributed by atoms with Gasteiger partial charge in [-0.15, -0.1) is 0 Å². The van der Waals surface area contributed by atoms with Gasteiger partial charge < -0.3 is 20.1 Å². The molecule has 1 aliphatic rings. The number of ether oxygens (including phenoxy) is 2. The fourth-order valence-electron chi connectivity index (χ4n) is 2.26. The highest BCUT2D eigenvalue weighted by molar-refractivity contribution is 5.45. The van der Waals surface area contributed by atoms with E-state index in [1.807, 2.05) is 24.3 Å². The van der Waals surface area contributed by atoms with E-state index in [0.717, 1.165) is 31.0 Å². The largest absolute Gasteiger partial charge is 0.477 e. The highest BCUT2D eigenvalue weighted by Gasteiger charge is 2.14. The molecule has 1 saturated heterocycles. The van der Waals surface area contributed by atoms with Crippen LogP contribution in [0.15, 0.2) is 30.5 Å². The van der Waals surface area contributed by atoms with Gasteiger partial charge in [0.15, 0.2) is 0 Å². The summed E-state index contributed by atoms with van der Waals surface area (Å²) in [7, 11) is 0. The lowest BCUT2D eigenvalue weighted by molar-refractivity contribution is 0.122. The van der Waals surface area contributed by atoms with E-state index in [-0.39, 0.29) is 5.95 Å². The standard InChI is InChI=1S/C15H19N5O2/c16-15-18-13(20-6-9-21-10-7-20)11-14(19-15)22-8-4-12-3-1-2-5-17-12/h1-3,5,11H,4,6-10H2,(H2,16,18,19). The Hall–Kier alpha value is -2.41. The number of morpholine rings is 1. The molecule has 3 rings (SSSR count). The Morgan fingerprint density at radius 2 is 2.09 bits per heavy atom. The first kappa shape index (κ1) is 14.5. The first-order chi connectivity index (χ1) is 10.8. The molecule has 7 nitrogen and oxygen atoms in total. The Kier molecular flexibility index (Phi) is 4.65. The maximum absolute atomic E-state index is 5.78. The van der Waals surface area contributed by atoms with Crippen molar-refractivity contribution >= 4 is 11.8 Å². The molecule has 0 unspecified atom stereocenters. The van der Waals surface area contributed by atoms with Crippen molar-refractivity contribution in [2.24, 2.45) is 0 Å². The van der Waals surface area contributed by atoms with Gasteiger partial charge in [-0.05, 0) is 12.1 Å². The molecule has 0 radical (unpaired) electrons. The van der Waals surface area contributed by atoms with Crippen LogP contribution in [-0.2, 0) is 11.2 Å². The SMILES string of the molecule is Nc1nc(OCCc2ccccn2)cc(N2CCOCC2)n1. The van der Waals surface area contributed by atoms with Gasteiger partial charge in [-0.2, -0.15) is 9.97 Å². The molecule has 0 aromatic carbocycles. The zero-order valence-electron chi connectivity index (χ0n) is 12.3. The van der Waals surface area contributed by atoms with Crippen molar-refractivity contribution in [3.05, 3.63) is 36.2 Å². The third-order valence-corrected chi connectivity index (χ3v) is 3.38. The maximum Gasteiger partial charge on any atom is 0.225 e. The van der Waals surface area contributed by atoms with Crippen molar-refractivity contribution in [1.29, 1.82) is 0 Å². The number of aromatic nitrogens is 3. The van der Waals surface area contributed by atoms with Gasteiger partial charge in [-0.1, -0.05) is 6.07 Å². The minimum atomic E-state index is 0.219. The van der Waals surface area contributed by atoms with Crippen molar-refractivity contribution < 1.29 is 9.47 Å². The average Bonchev–Trinajstić information content (AvgIpc) is 2.56. The number of rotatable bonds is 5. The highest BCUT2D eigenvalue weighted by Crippen LogP contribution is 2.19. The summed E-state index contributed by atoms with van der Waals surface area (Å²) in [5.74, 6) is 1.49. The van der Waals surface area contributed by atoms with Crippen molar-refractivity contribution in [2.75, 3.05) is 43.5 Å². The van der Waals surface area contributed by atoms with Crippen LogP contribution in [0.1, 0.15) is 5.69 Å². The average molecular weight is 301 g/mol. The van der Waals surface area contributed by atoms with E-state index in [2.05, 4.69) is 19.9 Å². The molecule has 1 fully saturated rings. The number of nitrogens with two attached hydrogens (primary N) is 1. The number of hydrogen-bond acceptors (Lipinski definition) is 7. The third-order valence-electron chi connectivity index (χ3n) is 3.38. The van der Waals surface area contributed by atoms with Crippen LogP contribution in [0.25, 0.3) is 0 Å². The van der Waals surface area contributed by atoms with Crippen molar-refractivity contribution in [1.82, 2.24) is 15.0 Å². The molecule has 22 heavy (non-hydrogen) atoms. The zero-order chi connectivity index (χ0) is 15.2. The molecule has 2 N–H and O–H groups in total. The van der Waals surface area contributed by atoms with E-state index in [9.17, 15) is 0 Å². The molecule has 2 aromatic rings. The normalized spacial score (nSPS) is 14.8. The Bertz CT molecular complexity index is 602. The molecule has 0 amide bonds. The van der Waals surface area contributed by atoms with Crippen LogP contribution in [0.4, 0.5) is 11.8 Å². The Morgan fingerprint density at radius 1 is 1.23 bits per heavy atom. The molecule has 0 spiro atoms. The van der Waals surface area contributed by atoms with Gasteiger partial charge in [-0.25, -0.2) is 0 Å².